The molecule has 1 rings (SSSR count). The van der Waals surface area contributed by atoms with Gasteiger partial charge in [0.1, 0.15) is 0 Å². The highest BCUT2D eigenvalue weighted by Gasteiger charge is 2.86. The van der Waals surface area contributed by atoms with Crippen LogP contribution in [0.1, 0.15) is 12.8 Å². The van der Waals surface area contributed by atoms with Gasteiger partial charge in [-0.2, -0.15) is 26.3 Å². The standard InChI is InChI=1S/C9H8Cl6F8O2Si2/c10-26(11,12)3-1-5(16)6(17,2-4-27(13,14)15)25-7(24-5,8(18,19)20)9(21,22)23/h1-4H2. The van der Waals surface area contributed by atoms with Crippen LogP contribution in [0, 0.1) is 0 Å². The van der Waals surface area contributed by atoms with Crippen molar-refractivity contribution in [2.24, 2.45) is 0 Å². The summed E-state index contributed by atoms with van der Waals surface area (Å²) >= 11 is 32.7. The Hall–Kier alpha value is 1.53. The number of ether oxygens (including phenoxy) is 2. The van der Waals surface area contributed by atoms with E-state index in [9.17, 15) is 26.3 Å². The van der Waals surface area contributed by atoms with Crippen LogP contribution in [0.4, 0.5) is 35.1 Å². The molecule has 0 aromatic carbocycles. The SMILES string of the molecule is FC(F)(F)C1(C(F)(F)F)OC(F)(CC[Si](Cl)(Cl)Cl)C(F)(CC[Si](Cl)(Cl)Cl)O1. The average molecular weight is 569 g/mol. The van der Waals surface area contributed by atoms with Crippen LogP contribution in [0.3, 0.4) is 0 Å². The summed E-state index contributed by atoms with van der Waals surface area (Å²) in [5, 5.41) is 0. The van der Waals surface area contributed by atoms with Crippen LogP contribution in [0.25, 0.3) is 0 Å². The first-order valence-corrected chi connectivity index (χ1v) is 17.1. The summed E-state index contributed by atoms with van der Waals surface area (Å²) in [5.74, 6) is -14.1. The van der Waals surface area contributed by atoms with E-state index in [1.54, 1.807) is 0 Å². The van der Waals surface area contributed by atoms with Crippen molar-refractivity contribution in [3.63, 3.8) is 0 Å². The minimum atomic E-state index is -6.40. The third kappa shape index (κ3) is 6.04. The first-order chi connectivity index (χ1) is 11.6. The summed E-state index contributed by atoms with van der Waals surface area (Å²) < 4.78 is 116. The molecule has 0 amide bonds. The molecular formula is C9H8Cl6F8O2Si2. The van der Waals surface area contributed by atoms with Crippen molar-refractivity contribution in [1.82, 2.24) is 0 Å². The minimum Gasteiger partial charge on any atom is -0.293 e. The molecule has 0 bridgehead atoms. The van der Waals surface area contributed by atoms with Crippen LogP contribution in [0.2, 0.25) is 12.1 Å². The summed E-state index contributed by atoms with van der Waals surface area (Å²) in [6.45, 7) is 0. The minimum absolute atomic E-state index is 0.875. The second-order valence-corrected chi connectivity index (χ2v) is 24.1. The van der Waals surface area contributed by atoms with Gasteiger partial charge in [0.05, 0.1) is 0 Å². The van der Waals surface area contributed by atoms with Gasteiger partial charge in [-0.05, 0) is 12.1 Å². The number of hydrogen-bond acceptors (Lipinski definition) is 2. The molecule has 0 spiro atoms. The van der Waals surface area contributed by atoms with Gasteiger partial charge in [0.2, 0.25) is 0 Å². The van der Waals surface area contributed by atoms with Crippen molar-refractivity contribution < 1.29 is 44.6 Å². The summed E-state index contributed by atoms with van der Waals surface area (Å²) in [5.41, 5.74) is 0. The molecule has 1 aliphatic rings. The van der Waals surface area contributed by atoms with Crippen molar-refractivity contribution >= 4 is 78.5 Å². The third-order valence-electron chi connectivity index (χ3n) is 3.37. The molecule has 0 aromatic rings. The van der Waals surface area contributed by atoms with Crippen LogP contribution < -0.4 is 0 Å². The maximum Gasteiger partial charge on any atom is 0.453 e. The molecule has 0 aromatic heterocycles. The van der Waals surface area contributed by atoms with E-state index >= 15 is 8.78 Å². The van der Waals surface area contributed by atoms with Crippen molar-refractivity contribution in [3.8, 4) is 0 Å². The van der Waals surface area contributed by atoms with Gasteiger partial charge in [0.25, 0.3) is 11.7 Å². The van der Waals surface area contributed by atoms with Gasteiger partial charge in [-0.15, -0.1) is 66.5 Å². The van der Waals surface area contributed by atoms with Gasteiger partial charge in [-0.3, -0.25) is 9.47 Å². The first kappa shape index (κ1) is 26.6. The van der Waals surface area contributed by atoms with Crippen LogP contribution in [0.15, 0.2) is 0 Å². The Balaban J connectivity index is 3.42. The number of rotatable bonds is 6. The molecule has 1 saturated heterocycles. The van der Waals surface area contributed by atoms with Crippen molar-refractivity contribution in [1.29, 1.82) is 0 Å². The fourth-order valence-corrected chi connectivity index (χ4v) is 5.01. The molecule has 0 radical (unpaired) electrons. The third-order valence-corrected chi connectivity index (χ3v) is 8.41. The fraction of sp³-hybridized carbons (Fsp3) is 1.00. The summed E-state index contributed by atoms with van der Waals surface area (Å²) in [6.07, 6.45) is -15.7. The molecule has 0 N–H and O–H groups in total. The molecule has 162 valence electrons. The molecule has 2 atom stereocenters. The van der Waals surface area contributed by atoms with E-state index in [4.69, 9.17) is 66.5 Å². The molecule has 1 heterocycles. The zero-order valence-corrected chi connectivity index (χ0v) is 19.0. The van der Waals surface area contributed by atoms with Gasteiger partial charge in [0, 0.05) is 12.8 Å². The summed E-state index contributed by atoms with van der Waals surface area (Å²) in [4.78, 5) is 0. The molecule has 0 saturated carbocycles. The van der Waals surface area contributed by atoms with Crippen molar-refractivity contribution in [3.05, 3.63) is 0 Å². The van der Waals surface area contributed by atoms with Crippen molar-refractivity contribution in [2.45, 2.75) is 54.8 Å². The van der Waals surface area contributed by atoms with E-state index in [-0.39, 0.29) is 0 Å². The van der Waals surface area contributed by atoms with Gasteiger partial charge in [0.15, 0.2) is 0 Å². The average Bonchev–Trinajstić information content (AvgIpc) is 2.63. The Kier molecular flexibility index (Phi) is 7.77. The number of hydrogen-bond donors (Lipinski definition) is 0. The molecule has 27 heavy (non-hydrogen) atoms. The number of halogens is 14. The Morgan fingerprint density at radius 3 is 1.07 bits per heavy atom. The highest BCUT2D eigenvalue weighted by molar-refractivity contribution is 7.65. The van der Waals surface area contributed by atoms with Crippen molar-refractivity contribution in [2.75, 3.05) is 0 Å². The highest BCUT2D eigenvalue weighted by atomic mass is 35.8. The maximum absolute atomic E-state index is 15.0. The Morgan fingerprint density at radius 1 is 0.630 bits per heavy atom. The highest BCUT2D eigenvalue weighted by Crippen LogP contribution is 2.61. The fourth-order valence-electron chi connectivity index (χ4n) is 2.10. The Labute approximate surface area is 177 Å². The van der Waals surface area contributed by atoms with Gasteiger partial charge in [-0.25, -0.2) is 8.78 Å². The molecule has 2 unspecified atom stereocenters. The van der Waals surface area contributed by atoms with E-state index < -0.39 is 66.8 Å². The smallest absolute Gasteiger partial charge is 0.293 e. The lowest BCUT2D eigenvalue weighted by atomic mass is 10.0. The molecular weight excluding hydrogens is 561 g/mol. The topological polar surface area (TPSA) is 18.5 Å². The first-order valence-electron chi connectivity index (χ1n) is 6.63. The van der Waals surface area contributed by atoms with Gasteiger partial charge in [-0.1, -0.05) is 0 Å². The molecule has 18 heteroatoms. The Bertz CT molecular complexity index is 504. The predicted octanol–water partition coefficient (Wildman–Crippen LogP) is 7.28. The lowest BCUT2D eigenvalue weighted by Crippen LogP contribution is -2.59. The summed E-state index contributed by atoms with van der Waals surface area (Å²) in [6, 6.07) is -9.33. The van der Waals surface area contributed by atoms with Crippen LogP contribution in [-0.4, -0.2) is 41.9 Å². The second-order valence-electron chi connectivity index (χ2n) is 5.50. The number of alkyl halides is 8. The van der Waals surface area contributed by atoms with Gasteiger partial charge < -0.3 is 0 Å². The molecule has 0 aliphatic carbocycles. The van der Waals surface area contributed by atoms with E-state index in [0.717, 1.165) is 0 Å². The van der Waals surface area contributed by atoms with E-state index in [1.807, 2.05) is 0 Å². The van der Waals surface area contributed by atoms with E-state index in [0.29, 0.717) is 0 Å². The zero-order chi connectivity index (χ0) is 21.7. The zero-order valence-electron chi connectivity index (χ0n) is 12.4. The van der Waals surface area contributed by atoms with Crippen LogP contribution >= 0.6 is 66.5 Å². The lowest BCUT2D eigenvalue weighted by Gasteiger charge is -2.31. The molecule has 2 nitrogen and oxygen atoms in total. The largest absolute Gasteiger partial charge is 0.453 e. The van der Waals surface area contributed by atoms with E-state index in [1.165, 1.54) is 0 Å². The monoisotopic (exact) mass is 566 g/mol. The lowest BCUT2D eigenvalue weighted by molar-refractivity contribution is -0.459. The maximum atomic E-state index is 15.0. The molecule has 1 aliphatic heterocycles. The quantitative estimate of drug-likeness (QED) is 0.190. The normalized spacial score (nSPS) is 30.0. The van der Waals surface area contributed by atoms with E-state index in [2.05, 4.69) is 9.47 Å². The Morgan fingerprint density at radius 2 is 0.889 bits per heavy atom. The summed E-state index contributed by atoms with van der Waals surface area (Å²) in [7, 11) is 0. The van der Waals surface area contributed by atoms with Gasteiger partial charge >= 0.3 is 30.1 Å². The predicted molar refractivity (Wildman–Crippen MR) is 90.2 cm³/mol. The molecule has 1 fully saturated rings. The van der Waals surface area contributed by atoms with Crippen LogP contribution in [0.5, 0.6) is 0 Å². The van der Waals surface area contributed by atoms with Crippen LogP contribution in [-0.2, 0) is 9.47 Å². The second kappa shape index (κ2) is 7.90.